The number of hydrogen-bond donors (Lipinski definition) is 1. The number of nitrogens with one attached hydrogen (secondary N) is 1. The van der Waals surface area contributed by atoms with Gasteiger partial charge in [-0.2, -0.15) is 0 Å². The third kappa shape index (κ3) is 4.43. The average molecular weight is 593 g/mol. The first-order valence-electron chi connectivity index (χ1n) is 13.4. The molecule has 1 saturated heterocycles. The second-order valence-corrected chi connectivity index (χ2v) is 12.5. The van der Waals surface area contributed by atoms with E-state index in [9.17, 15) is 19.2 Å². The molecule has 0 radical (unpaired) electrons. The van der Waals surface area contributed by atoms with E-state index in [1.165, 1.54) is 21.2 Å². The highest BCUT2D eigenvalue weighted by molar-refractivity contribution is 8.00. The van der Waals surface area contributed by atoms with Crippen LogP contribution in [0.25, 0.3) is 10.8 Å². The van der Waals surface area contributed by atoms with Gasteiger partial charge in [-0.25, -0.2) is 4.90 Å². The Bertz CT molecular complexity index is 1930. The van der Waals surface area contributed by atoms with E-state index in [1.54, 1.807) is 30.6 Å². The fourth-order valence-electron chi connectivity index (χ4n) is 5.73. The second kappa shape index (κ2) is 10.4. The van der Waals surface area contributed by atoms with Gasteiger partial charge in [0.2, 0.25) is 17.7 Å². The minimum absolute atomic E-state index is 0.217. The van der Waals surface area contributed by atoms with Crippen molar-refractivity contribution in [2.24, 2.45) is 5.92 Å². The summed E-state index contributed by atoms with van der Waals surface area (Å²) in [6, 6.07) is 24.4. The molecular weight excluding hydrogens is 569 g/mol. The number of rotatable bonds is 5. The predicted octanol–water partition coefficient (Wildman–Crippen LogP) is 5.20. The highest BCUT2D eigenvalue weighted by atomic mass is 32.2. The molecule has 3 atom stereocenters. The van der Waals surface area contributed by atoms with E-state index in [0.717, 1.165) is 33.2 Å². The zero-order chi connectivity index (χ0) is 29.0. The molecule has 10 heteroatoms. The number of benzene rings is 3. The van der Waals surface area contributed by atoms with Crippen LogP contribution in [0.15, 0.2) is 101 Å². The summed E-state index contributed by atoms with van der Waals surface area (Å²) in [6.45, 7) is 1.73. The van der Waals surface area contributed by atoms with Gasteiger partial charge in [-0.05, 0) is 53.6 Å². The molecule has 3 unspecified atom stereocenters. The smallest absolute Gasteiger partial charge is 0.308 e. The largest absolute Gasteiger partial charge is 0.325 e. The van der Waals surface area contributed by atoms with E-state index in [1.807, 2.05) is 67.6 Å². The number of aromatic nitrogens is 2. The van der Waals surface area contributed by atoms with Crippen molar-refractivity contribution in [3.05, 3.63) is 117 Å². The molecule has 3 amide bonds. The third-order valence-corrected chi connectivity index (χ3v) is 10.3. The van der Waals surface area contributed by atoms with Crippen LogP contribution in [0.3, 0.4) is 0 Å². The Kier molecular flexibility index (Phi) is 6.52. The molecule has 2 aliphatic rings. The lowest BCUT2D eigenvalue weighted by Crippen LogP contribution is -2.33. The van der Waals surface area contributed by atoms with Crippen molar-refractivity contribution in [2.45, 2.75) is 29.7 Å². The molecule has 0 saturated carbocycles. The molecule has 0 spiro atoms. The van der Waals surface area contributed by atoms with Crippen molar-refractivity contribution in [3.63, 3.8) is 0 Å². The van der Waals surface area contributed by atoms with Gasteiger partial charge >= 0.3 is 4.87 Å². The predicted molar refractivity (Wildman–Crippen MR) is 164 cm³/mol. The summed E-state index contributed by atoms with van der Waals surface area (Å²) in [5, 5.41) is 4.74. The van der Waals surface area contributed by atoms with Gasteiger partial charge < -0.3 is 5.32 Å². The molecule has 1 fully saturated rings. The maximum Gasteiger partial charge on any atom is 0.308 e. The normalized spacial score (nSPS) is 19.5. The Morgan fingerprint density at radius 1 is 0.929 bits per heavy atom. The van der Waals surface area contributed by atoms with E-state index in [0.29, 0.717) is 21.3 Å². The van der Waals surface area contributed by atoms with Crippen LogP contribution in [0.4, 0.5) is 11.4 Å². The standard InChI is InChI=1S/C32H24N4O4S2/c1-18-8-12-23(13-9-18)36-29(38)26-25(21-7-4-14-33-16-21)28-31(41-27(26)30(36)39)35(32(40)42-28)17-24(37)34-22-11-10-19-5-2-3-6-20(19)15-22/h2-16,25-27H,17H2,1H3,(H,34,37). The molecule has 3 aromatic carbocycles. The first kappa shape index (κ1) is 26.4. The molecule has 42 heavy (non-hydrogen) atoms. The van der Waals surface area contributed by atoms with Crippen LogP contribution in [0, 0.1) is 12.8 Å². The van der Waals surface area contributed by atoms with Gasteiger partial charge in [0.1, 0.15) is 11.8 Å². The molecule has 208 valence electrons. The maximum atomic E-state index is 13.9. The lowest BCUT2D eigenvalue weighted by Gasteiger charge is -2.30. The van der Waals surface area contributed by atoms with Crippen LogP contribution in [0.1, 0.15) is 21.9 Å². The van der Waals surface area contributed by atoms with Crippen molar-refractivity contribution in [1.29, 1.82) is 0 Å². The molecule has 0 aliphatic carbocycles. The lowest BCUT2D eigenvalue weighted by molar-refractivity contribution is -0.122. The molecule has 5 aromatic rings. The van der Waals surface area contributed by atoms with E-state index in [-0.39, 0.29) is 29.1 Å². The highest BCUT2D eigenvalue weighted by Crippen LogP contribution is 2.53. The Balaban J connectivity index is 1.25. The lowest BCUT2D eigenvalue weighted by atomic mass is 9.84. The number of nitrogens with zero attached hydrogens (tertiary/aromatic N) is 3. The van der Waals surface area contributed by atoms with Gasteiger partial charge in [0.25, 0.3) is 0 Å². The van der Waals surface area contributed by atoms with Gasteiger partial charge in [0, 0.05) is 28.9 Å². The van der Waals surface area contributed by atoms with Crippen LogP contribution in [-0.2, 0) is 20.9 Å². The summed E-state index contributed by atoms with van der Waals surface area (Å²) in [6.07, 6.45) is 3.32. The summed E-state index contributed by atoms with van der Waals surface area (Å²) in [5.74, 6) is -2.25. The van der Waals surface area contributed by atoms with Crippen molar-refractivity contribution in [2.75, 3.05) is 10.2 Å². The summed E-state index contributed by atoms with van der Waals surface area (Å²) in [4.78, 5) is 60.2. The van der Waals surface area contributed by atoms with Crippen LogP contribution in [0.5, 0.6) is 0 Å². The van der Waals surface area contributed by atoms with Crippen molar-refractivity contribution in [3.8, 4) is 0 Å². The Morgan fingerprint density at radius 2 is 1.71 bits per heavy atom. The van der Waals surface area contributed by atoms with Gasteiger partial charge in [-0.3, -0.25) is 28.7 Å². The number of thioether (sulfide) groups is 1. The van der Waals surface area contributed by atoms with Crippen LogP contribution in [-0.4, -0.2) is 32.5 Å². The summed E-state index contributed by atoms with van der Waals surface area (Å²) >= 11 is 2.22. The fourth-order valence-corrected chi connectivity index (χ4v) is 8.51. The van der Waals surface area contributed by atoms with E-state index in [2.05, 4.69) is 10.3 Å². The SMILES string of the molecule is Cc1ccc(N2C(=O)C3Sc4c(sc(=O)n4CC(=O)Nc4ccc5ccccc5c4)C(c4cccnc4)C3C2=O)cc1. The molecule has 0 bridgehead atoms. The molecule has 4 heterocycles. The number of fused-ring (bicyclic) bond motifs is 3. The van der Waals surface area contributed by atoms with Crippen molar-refractivity contribution >= 4 is 63.0 Å². The van der Waals surface area contributed by atoms with Gasteiger partial charge in [0.05, 0.1) is 16.6 Å². The number of aryl methyl sites for hydroxylation is 1. The molecular formula is C32H24N4O4S2. The fraction of sp³-hybridized carbons (Fsp3) is 0.156. The van der Waals surface area contributed by atoms with Crippen LogP contribution in [0.2, 0.25) is 0 Å². The average Bonchev–Trinajstić information content (AvgIpc) is 3.44. The van der Waals surface area contributed by atoms with Crippen LogP contribution < -0.4 is 15.1 Å². The number of hydrogen-bond acceptors (Lipinski definition) is 7. The minimum Gasteiger partial charge on any atom is -0.325 e. The molecule has 2 aromatic heterocycles. The summed E-state index contributed by atoms with van der Waals surface area (Å²) in [5.41, 5.74) is 2.91. The number of amides is 3. The number of anilines is 2. The monoisotopic (exact) mass is 592 g/mol. The Morgan fingerprint density at radius 3 is 2.48 bits per heavy atom. The zero-order valence-corrected chi connectivity index (χ0v) is 24.0. The van der Waals surface area contributed by atoms with Crippen molar-refractivity contribution < 1.29 is 14.4 Å². The first-order valence-corrected chi connectivity index (χ1v) is 15.1. The molecule has 1 N–H and O–H groups in total. The zero-order valence-electron chi connectivity index (χ0n) is 22.4. The maximum absolute atomic E-state index is 13.9. The van der Waals surface area contributed by atoms with E-state index < -0.39 is 17.1 Å². The number of imide groups is 1. The first-order chi connectivity index (χ1) is 20.4. The van der Waals surface area contributed by atoms with Crippen LogP contribution >= 0.6 is 23.1 Å². The van der Waals surface area contributed by atoms with Gasteiger partial charge in [-0.1, -0.05) is 77.2 Å². The molecule has 7 rings (SSSR count). The van der Waals surface area contributed by atoms with Crippen molar-refractivity contribution in [1.82, 2.24) is 9.55 Å². The van der Waals surface area contributed by atoms with Gasteiger partial charge in [0.15, 0.2) is 0 Å². The number of carbonyl (C=O) groups excluding carboxylic acids is 3. The van der Waals surface area contributed by atoms with Gasteiger partial charge in [-0.15, -0.1) is 0 Å². The van der Waals surface area contributed by atoms with E-state index >= 15 is 0 Å². The Labute approximate surface area is 249 Å². The second-order valence-electron chi connectivity index (χ2n) is 10.4. The highest BCUT2D eigenvalue weighted by Gasteiger charge is 2.56. The summed E-state index contributed by atoms with van der Waals surface area (Å²) in [7, 11) is 0. The topological polar surface area (TPSA) is 101 Å². The molecule has 8 nitrogen and oxygen atoms in total. The number of pyridine rings is 1. The third-order valence-electron chi connectivity index (χ3n) is 7.72. The summed E-state index contributed by atoms with van der Waals surface area (Å²) < 4.78 is 1.42. The molecule has 2 aliphatic heterocycles. The van der Waals surface area contributed by atoms with E-state index in [4.69, 9.17) is 0 Å². The number of thiazole rings is 1. The quantitative estimate of drug-likeness (QED) is 0.282. The Hall–Kier alpha value is -4.54. The number of carbonyl (C=O) groups is 3. The minimum atomic E-state index is -0.750.